The highest BCUT2D eigenvalue weighted by molar-refractivity contribution is 8.66. The molecule has 1 N–H and O–H groups in total. The van der Waals surface area contributed by atoms with Crippen LogP contribution in [0.3, 0.4) is 0 Å². The largest absolute Gasteiger partial charge is 0.481 e. The summed E-state index contributed by atoms with van der Waals surface area (Å²) in [4.78, 5) is 11.2. The number of rotatable bonds is 3. The summed E-state index contributed by atoms with van der Waals surface area (Å²) >= 11 is 0. The van der Waals surface area contributed by atoms with E-state index in [4.69, 9.17) is 26.5 Å². The number of benzene rings is 1. The van der Waals surface area contributed by atoms with Crippen LogP contribution in [0.15, 0.2) is 29.2 Å². The molecule has 1 aromatic carbocycles. The smallest absolute Gasteiger partial charge is 0.314 e. The maximum Gasteiger partial charge on any atom is 0.314 e. The van der Waals surface area contributed by atoms with Crippen LogP contribution in [0, 0.1) is 6.92 Å². The normalized spacial score (nSPS) is 12.5. The quantitative estimate of drug-likeness (QED) is 0.894. The van der Waals surface area contributed by atoms with E-state index in [-0.39, 0.29) is 5.75 Å². The zero-order chi connectivity index (χ0) is 10.8. The molecule has 0 aliphatic carbocycles. The standard InChI is InChI=1S/C9H10Cl2O2S/c1-7-3-2-4-8(5-7)14(10,11)6-9(12)13/h2-5H,6H2,1H3,(H,12,13). The second-order valence-corrected chi connectivity index (χ2v) is 8.48. The van der Waals surface area contributed by atoms with Crippen LogP contribution in [-0.4, -0.2) is 16.8 Å². The van der Waals surface area contributed by atoms with Gasteiger partial charge in [0.1, 0.15) is 5.75 Å². The number of hydrogen-bond acceptors (Lipinski definition) is 1. The summed E-state index contributed by atoms with van der Waals surface area (Å²) in [5, 5.41) is 8.63. The van der Waals surface area contributed by atoms with Gasteiger partial charge in [0.25, 0.3) is 0 Å². The molecule has 0 radical (unpaired) electrons. The number of hydrogen-bond donors (Lipinski definition) is 1. The molecule has 0 heterocycles. The third-order valence-electron chi connectivity index (χ3n) is 1.64. The van der Waals surface area contributed by atoms with E-state index < -0.39 is 14.4 Å². The van der Waals surface area contributed by atoms with Crippen molar-refractivity contribution >= 4 is 35.8 Å². The Balaban J connectivity index is 2.97. The molecule has 0 aromatic heterocycles. The van der Waals surface area contributed by atoms with Gasteiger partial charge in [-0.25, -0.2) is 0 Å². The van der Waals surface area contributed by atoms with Crippen LogP contribution >= 0.6 is 29.8 Å². The third kappa shape index (κ3) is 3.08. The Hall–Kier alpha value is -0.380. The van der Waals surface area contributed by atoms with Crippen molar-refractivity contribution in [1.29, 1.82) is 0 Å². The van der Waals surface area contributed by atoms with Crippen molar-refractivity contribution in [2.75, 3.05) is 5.75 Å². The number of carboxylic acids is 1. The van der Waals surface area contributed by atoms with E-state index in [9.17, 15) is 4.79 Å². The van der Waals surface area contributed by atoms with E-state index >= 15 is 0 Å². The average Bonchev–Trinajstić information content (AvgIpc) is 2.01. The van der Waals surface area contributed by atoms with Crippen LogP contribution in [0.4, 0.5) is 0 Å². The number of carbonyl (C=O) groups is 1. The Kier molecular flexibility index (Phi) is 3.70. The highest BCUT2D eigenvalue weighted by Gasteiger charge is 2.24. The second kappa shape index (κ2) is 4.43. The molecule has 1 aromatic rings. The van der Waals surface area contributed by atoms with Gasteiger partial charge in [-0.3, -0.25) is 4.79 Å². The van der Waals surface area contributed by atoms with E-state index in [1.165, 1.54) is 0 Å². The third-order valence-corrected chi connectivity index (χ3v) is 4.92. The zero-order valence-corrected chi connectivity index (χ0v) is 9.86. The molecule has 78 valence electrons. The summed E-state index contributed by atoms with van der Waals surface area (Å²) in [5.74, 6) is -1.20. The molecule has 0 aliphatic rings. The minimum Gasteiger partial charge on any atom is -0.481 e. The first kappa shape index (κ1) is 11.7. The minimum absolute atomic E-state index is 0.223. The highest BCUT2D eigenvalue weighted by Crippen LogP contribution is 2.64. The Morgan fingerprint density at radius 3 is 2.64 bits per heavy atom. The van der Waals surface area contributed by atoms with Gasteiger partial charge in [-0.15, -0.1) is 0 Å². The summed E-state index contributed by atoms with van der Waals surface area (Å²) in [6.45, 7) is 1.91. The highest BCUT2D eigenvalue weighted by atomic mass is 36.0. The number of aryl methyl sites for hydroxylation is 1. The van der Waals surface area contributed by atoms with E-state index in [2.05, 4.69) is 0 Å². The zero-order valence-electron chi connectivity index (χ0n) is 7.54. The van der Waals surface area contributed by atoms with Gasteiger partial charge in [-0.05, 0) is 54.4 Å². The van der Waals surface area contributed by atoms with Crippen LogP contribution in [0.5, 0.6) is 0 Å². The van der Waals surface area contributed by atoms with Gasteiger partial charge in [0.15, 0.2) is 0 Å². The lowest BCUT2D eigenvalue weighted by atomic mass is 10.2. The summed E-state index contributed by atoms with van der Waals surface area (Å²) in [6.07, 6.45) is 0. The van der Waals surface area contributed by atoms with E-state index in [1.54, 1.807) is 6.07 Å². The molecule has 0 amide bonds. The predicted molar refractivity (Wildman–Crippen MR) is 61.2 cm³/mol. The van der Waals surface area contributed by atoms with Crippen molar-refractivity contribution in [2.24, 2.45) is 0 Å². The Morgan fingerprint density at radius 1 is 1.50 bits per heavy atom. The van der Waals surface area contributed by atoms with Crippen LogP contribution in [0.2, 0.25) is 0 Å². The van der Waals surface area contributed by atoms with Crippen molar-refractivity contribution in [2.45, 2.75) is 11.8 Å². The molecule has 0 fully saturated rings. The van der Waals surface area contributed by atoms with E-state index in [1.807, 2.05) is 25.1 Å². The van der Waals surface area contributed by atoms with Crippen molar-refractivity contribution in [3.63, 3.8) is 0 Å². The van der Waals surface area contributed by atoms with Crippen LogP contribution in [0.25, 0.3) is 0 Å². The van der Waals surface area contributed by atoms with Gasteiger partial charge in [0.05, 0.1) is 0 Å². The molecule has 1 rings (SSSR count). The maximum atomic E-state index is 10.5. The Bertz CT molecular complexity index is 352. The Labute approximate surface area is 93.2 Å². The fraction of sp³-hybridized carbons (Fsp3) is 0.222. The van der Waals surface area contributed by atoms with Gasteiger partial charge in [-0.1, -0.05) is 12.1 Å². The summed E-state index contributed by atoms with van der Waals surface area (Å²) < 4.78 is 0. The van der Waals surface area contributed by atoms with Crippen molar-refractivity contribution < 1.29 is 9.90 Å². The number of carboxylic acid groups (broad SMARTS) is 1. The average molecular weight is 253 g/mol. The van der Waals surface area contributed by atoms with Gasteiger partial charge < -0.3 is 5.11 Å². The molecular weight excluding hydrogens is 243 g/mol. The second-order valence-electron chi connectivity index (χ2n) is 2.93. The molecule has 0 bridgehead atoms. The molecule has 5 heteroatoms. The lowest BCUT2D eigenvalue weighted by molar-refractivity contribution is -0.133. The van der Waals surface area contributed by atoms with Crippen molar-refractivity contribution in [3.8, 4) is 0 Å². The summed E-state index contributed by atoms with van der Waals surface area (Å²) in [7, 11) is 9.76. The van der Waals surface area contributed by atoms with Gasteiger partial charge >= 0.3 is 5.97 Å². The van der Waals surface area contributed by atoms with Crippen molar-refractivity contribution in [3.05, 3.63) is 29.8 Å². The number of halogens is 2. The fourth-order valence-electron chi connectivity index (χ4n) is 1.04. The van der Waals surface area contributed by atoms with Crippen molar-refractivity contribution in [1.82, 2.24) is 0 Å². The van der Waals surface area contributed by atoms with Crippen LogP contribution in [-0.2, 0) is 4.79 Å². The summed E-state index contributed by atoms with van der Waals surface area (Å²) in [5.41, 5.74) is 1.02. The molecule has 0 spiro atoms. The maximum absolute atomic E-state index is 10.5. The topological polar surface area (TPSA) is 37.3 Å². The first-order chi connectivity index (χ1) is 6.42. The molecule has 0 saturated carbocycles. The molecule has 2 nitrogen and oxygen atoms in total. The number of aliphatic carboxylic acids is 1. The van der Waals surface area contributed by atoms with Gasteiger partial charge in [0.2, 0.25) is 0 Å². The first-order valence-electron chi connectivity index (χ1n) is 3.90. The van der Waals surface area contributed by atoms with E-state index in [0.29, 0.717) is 4.90 Å². The van der Waals surface area contributed by atoms with Crippen LogP contribution in [0.1, 0.15) is 5.56 Å². The lowest BCUT2D eigenvalue weighted by Gasteiger charge is -2.23. The molecule has 0 unspecified atom stereocenters. The first-order valence-corrected chi connectivity index (χ1v) is 7.36. The van der Waals surface area contributed by atoms with E-state index in [0.717, 1.165) is 5.56 Å². The SMILES string of the molecule is Cc1cccc(S(Cl)(Cl)CC(=O)O)c1. The molecule has 14 heavy (non-hydrogen) atoms. The molecule has 0 saturated heterocycles. The molecular formula is C9H10Cl2O2S. The molecule has 0 atom stereocenters. The van der Waals surface area contributed by atoms with Gasteiger partial charge in [0, 0.05) is 4.90 Å². The predicted octanol–water partition coefficient (Wildman–Crippen LogP) is 3.55. The lowest BCUT2D eigenvalue weighted by Crippen LogP contribution is -2.05. The van der Waals surface area contributed by atoms with Crippen LogP contribution < -0.4 is 0 Å². The summed E-state index contributed by atoms with van der Waals surface area (Å²) in [6, 6.07) is 7.30. The fourth-order valence-corrected chi connectivity index (χ4v) is 3.29. The minimum atomic E-state index is -2.24. The molecule has 0 aliphatic heterocycles. The monoisotopic (exact) mass is 252 g/mol. The Morgan fingerprint density at radius 2 is 2.14 bits per heavy atom. The van der Waals surface area contributed by atoms with Gasteiger partial charge in [-0.2, -0.15) is 0 Å².